The summed E-state index contributed by atoms with van der Waals surface area (Å²) >= 11 is 1.41. The Labute approximate surface area is 118 Å². The predicted molar refractivity (Wildman–Crippen MR) is 75.4 cm³/mol. The van der Waals surface area contributed by atoms with E-state index in [-0.39, 0.29) is 12.0 Å². The molecule has 1 aromatic heterocycles. The van der Waals surface area contributed by atoms with Crippen LogP contribution in [0.3, 0.4) is 0 Å². The third-order valence-corrected chi connectivity index (χ3v) is 4.61. The fraction of sp³-hybridized carbons (Fsp3) is 0.643. The molecule has 19 heavy (non-hydrogen) atoms. The zero-order chi connectivity index (χ0) is 14.0. The molecule has 0 bridgehead atoms. The summed E-state index contributed by atoms with van der Waals surface area (Å²) in [5.74, 6) is -0.274. The molecule has 1 fully saturated rings. The highest BCUT2D eigenvalue weighted by molar-refractivity contribution is 7.12. The molecule has 1 unspecified atom stereocenters. The van der Waals surface area contributed by atoms with Gasteiger partial charge in [0.15, 0.2) is 0 Å². The van der Waals surface area contributed by atoms with E-state index in [1.807, 2.05) is 25.3 Å². The molecule has 0 saturated carbocycles. The Morgan fingerprint density at radius 1 is 1.63 bits per heavy atom. The average Bonchev–Trinajstić information content (AvgIpc) is 2.96. The Hall–Kier alpha value is -0.910. The molecule has 2 rings (SSSR count). The lowest BCUT2D eigenvalue weighted by Gasteiger charge is -2.33. The van der Waals surface area contributed by atoms with Gasteiger partial charge in [0.25, 0.3) is 0 Å². The number of rotatable bonds is 4. The number of thiophene rings is 1. The maximum atomic E-state index is 11.7. The maximum absolute atomic E-state index is 11.7. The van der Waals surface area contributed by atoms with Gasteiger partial charge in [-0.15, -0.1) is 11.3 Å². The molecule has 0 spiro atoms. The average molecular weight is 283 g/mol. The minimum atomic E-state index is -0.710. The summed E-state index contributed by atoms with van der Waals surface area (Å²) < 4.78 is 4.80. The number of methoxy groups -OCH3 is 1. The smallest absolute Gasteiger partial charge is 0.348 e. The van der Waals surface area contributed by atoms with Crippen molar-refractivity contribution in [3.05, 3.63) is 21.9 Å². The van der Waals surface area contributed by atoms with Crippen LogP contribution in [0.5, 0.6) is 0 Å². The van der Waals surface area contributed by atoms with E-state index in [0.29, 0.717) is 11.4 Å². The van der Waals surface area contributed by atoms with Crippen LogP contribution in [0.15, 0.2) is 11.4 Å². The molecular formula is C14H21NO3S. The third kappa shape index (κ3) is 3.16. The number of nitrogens with zero attached hydrogens (tertiary/aromatic N) is 1. The first-order valence-electron chi connectivity index (χ1n) is 6.54. The van der Waals surface area contributed by atoms with Gasteiger partial charge in [-0.2, -0.15) is 0 Å². The van der Waals surface area contributed by atoms with Gasteiger partial charge >= 0.3 is 5.97 Å². The van der Waals surface area contributed by atoms with E-state index >= 15 is 0 Å². The van der Waals surface area contributed by atoms with E-state index in [0.717, 1.165) is 24.9 Å². The van der Waals surface area contributed by atoms with Gasteiger partial charge in [-0.1, -0.05) is 0 Å². The van der Waals surface area contributed by atoms with Crippen LogP contribution >= 0.6 is 11.3 Å². The monoisotopic (exact) mass is 283 g/mol. The number of aliphatic hydroxyl groups is 1. The molecule has 0 aromatic carbocycles. The molecule has 1 aliphatic heterocycles. The molecule has 5 heteroatoms. The first-order chi connectivity index (χ1) is 8.93. The number of hydrogen-bond acceptors (Lipinski definition) is 5. The lowest BCUT2D eigenvalue weighted by molar-refractivity contribution is -0.00505. The highest BCUT2D eigenvalue weighted by Gasteiger charge is 2.36. The van der Waals surface area contributed by atoms with Crippen molar-refractivity contribution in [2.45, 2.75) is 44.9 Å². The van der Waals surface area contributed by atoms with Gasteiger partial charge in [-0.05, 0) is 50.2 Å². The molecule has 1 atom stereocenters. The first-order valence-corrected chi connectivity index (χ1v) is 7.42. The summed E-state index contributed by atoms with van der Waals surface area (Å²) in [7, 11) is 1.40. The second kappa shape index (κ2) is 5.61. The van der Waals surface area contributed by atoms with Crippen molar-refractivity contribution in [1.29, 1.82) is 0 Å². The second-order valence-corrected chi connectivity index (χ2v) is 6.46. The van der Waals surface area contributed by atoms with Crippen LogP contribution in [0, 0.1) is 0 Å². The normalized spacial score (nSPS) is 20.7. The molecule has 4 nitrogen and oxygen atoms in total. The van der Waals surface area contributed by atoms with Crippen molar-refractivity contribution in [3.63, 3.8) is 0 Å². The summed E-state index contributed by atoms with van der Waals surface area (Å²) in [5, 5.41) is 12.1. The van der Waals surface area contributed by atoms with Crippen molar-refractivity contribution < 1.29 is 14.6 Å². The molecule has 2 heterocycles. The van der Waals surface area contributed by atoms with Crippen LogP contribution in [-0.4, -0.2) is 41.3 Å². The van der Waals surface area contributed by atoms with Crippen LogP contribution < -0.4 is 0 Å². The van der Waals surface area contributed by atoms with E-state index in [4.69, 9.17) is 4.74 Å². The number of esters is 1. The van der Waals surface area contributed by atoms with Crippen LogP contribution in [-0.2, 0) is 11.3 Å². The Bertz CT molecular complexity index is 450. The molecule has 0 amide bonds. The number of hydrogen-bond donors (Lipinski definition) is 1. The summed E-state index contributed by atoms with van der Waals surface area (Å²) in [4.78, 5) is 14.6. The molecule has 1 aliphatic rings. The van der Waals surface area contributed by atoms with Crippen LogP contribution in [0.2, 0.25) is 0 Å². The Balaban J connectivity index is 2.13. The van der Waals surface area contributed by atoms with Crippen molar-refractivity contribution in [2.24, 2.45) is 0 Å². The molecule has 1 N–H and O–H groups in total. The summed E-state index contributed by atoms with van der Waals surface area (Å²) in [6.07, 6.45) is 2.09. The highest BCUT2D eigenvalue weighted by Crippen LogP contribution is 2.30. The number of likely N-dealkylation sites (tertiary alicyclic amines) is 1. The van der Waals surface area contributed by atoms with E-state index in [1.165, 1.54) is 18.4 Å². The van der Waals surface area contributed by atoms with Gasteiger partial charge in [0.2, 0.25) is 0 Å². The van der Waals surface area contributed by atoms with Crippen molar-refractivity contribution in [3.8, 4) is 0 Å². The minimum Gasteiger partial charge on any atom is -0.465 e. The second-order valence-electron chi connectivity index (χ2n) is 5.55. The standard InChI is InChI=1S/C14H21NO3S/c1-14(2,17)11-5-4-7-15(11)9-10-6-8-19-12(10)13(16)18-3/h6,8,11,17H,4-5,7,9H2,1-3H3. The molecular weight excluding hydrogens is 262 g/mol. The third-order valence-electron chi connectivity index (χ3n) is 3.67. The van der Waals surface area contributed by atoms with Crippen LogP contribution in [0.4, 0.5) is 0 Å². The lowest BCUT2D eigenvalue weighted by atomic mass is 9.96. The summed E-state index contributed by atoms with van der Waals surface area (Å²) in [6, 6.07) is 2.12. The molecule has 106 valence electrons. The highest BCUT2D eigenvalue weighted by atomic mass is 32.1. The van der Waals surface area contributed by atoms with Gasteiger partial charge in [-0.3, -0.25) is 4.90 Å². The molecule has 1 saturated heterocycles. The zero-order valence-corrected chi connectivity index (χ0v) is 12.5. The zero-order valence-electron chi connectivity index (χ0n) is 11.7. The Kier molecular flexibility index (Phi) is 4.28. The topological polar surface area (TPSA) is 49.8 Å². The Morgan fingerprint density at radius 3 is 3.00 bits per heavy atom. The largest absolute Gasteiger partial charge is 0.465 e. The Morgan fingerprint density at radius 2 is 2.37 bits per heavy atom. The fourth-order valence-electron chi connectivity index (χ4n) is 2.77. The van der Waals surface area contributed by atoms with E-state index < -0.39 is 5.60 Å². The van der Waals surface area contributed by atoms with Gasteiger partial charge in [0, 0.05) is 12.6 Å². The minimum absolute atomic E-state index is 0.151. The summed E-state index contributed by atoms with van der Waals surface area (Å²) in [5.41, 5.74) is 0.283. The fourth-order valence-corrected chi connectivity index (χ4v) is 3.60. The lowest BCUT2D eigenvalue weighted by Crippen LogP contribution is -2.45. The van der Waals surface area contributed by atoms with E-state index in [2.05, 4.69) is 4.90 Å². The molecule has 1 aromatic rings. The van der Waals surface area contributed by atoms with Crippen LogP contribution in [0.1, 0.15) is 41.9 Å². The van der Waals surface area contributed by atoms with Gasteiger partial charge in [-0.25, -0.2) is 4.79 Å². The predicted octanol–water partition coefficient (Wildman–Crippen LogP) is 2.27. The van der Waals surface area contributed by atoms with E-state index in [9.17, 15) is 9.90 Å². The SMILES string of the molecule is COC(=O)c1sccc1CN1CCCC1C(C)(C)O. The van der Waals surface area contributed by atoms with Crippen molar-refractivity contribution in [2.75, 3.05) is 13.7 Å². The van der Waals surface area contributed by atoms with Gasteiger partial charge in [0.05, 0.1) is 12.7 Å². The molecule has 0 aliphatic carbocycles. The number of carbonyl (C=O) groups excluding carboxylic acids is 1. The number of carbonyl (C=O) groups is 1. The quantitative estimate of drug-likeness (QED) is 0.861. The van der Waals surface area contributed by atoms with Gasteiger partial charge in [0.1, 0.15) is 4.88 Å². The first kappa shape index (κ1) is 14.5. The summed E-state index contributed by atoms with van der Waals surface area (Å²) in [6.45, 7) is 5.36. The van der Waals surface area contributed by atoms with E-state index in [1.54, 1.807) is 0 Å². The van der Waals surface area contributed by atoms with Crippen molar-refractivity contribution in [1.82, 2.24) is 4.90 Å². The van der Waals surface area contributed by atoms with Gasteiger partial charge < -0.3 is 9.84 Å². The maximum Gasteiger partial charge on any atom is 0.348 e. The van der Waals surface area contributed by atoms with Crippen molar-refractivity contribution >= 4 is 17.3 Å². The van der Waals surface area contributed by atoms with Crippen LogP contribution in [0.25, 0.3) is 0 Å². The number of ether oxygens (including phenoxy) is 1. The molecule has 0 radical (unpaired) electrons.